The van der Waals surface area contributed by atoms with Crippen LogP contribution in [0.5, 0.6) is 0 Å². The van der Waals surface area contributed by atoms with Gasteiger partial charge in [-0.1, -0.05) is 0 Å². The highest BCUT2D eigenvalue weighted by molar-refractivity contribution is 5.87. The number of rotatable bonds is 6. The summed E-state index contributed by atoms with van der Waals surface area (Å²) in [6.45, 7) is 3.34. The van der Waals surface area contributed by atoms with E-state index < -0.39 is 5.97 Å². The van der Waals surface area contributed by atoms with Crippen molar-refractivity contribution in [1.29, 1.82) is 0 Å². The molecule has 0 amide bonds. The van der Waals surface area contributed by atoms with Crippen LogP contribution in [0, 0.1) is 6.92 Å². The van der Waals surface area contributed by atoms with Gasteiger partial charge in [0.05, 0.1) is 12.2 Å². The van der Waals surface area contributed by atoms with Crippen molar-refractivity contribution in [3.05, 3.63) is 23.4 Å². The minimum atomic E-state index is -0.938. The van der Waals surface area contributed by atoms with Gasteiger partial charge in [-0.15, -0.1) is 0 Å². The Morgan fingerprint density at radius 1 is 1.61 bits per heavy atom. The molecule has 1 N–H and O–H groups in total. The Labute approximate surface area is 106 Å². The lowest BCUT2D eigenvalue weighted by Crippen LogP contribution is -2.31. The van der Waals surface area contributed by atoms with Crippen LogP contribution in [0.15, 0.2) is 12.3 Å². The highest BCUT2D eigenvalue weighted by Gasteiger charge is 2.30. The Hall–Kier alpha value is -1.62. The molecule has 0 aliphatic heterocycles. The molecule has 1 aliphatic rings. The second-order valence-corrected chi connectivity index (χ2v) is 4.59. The van der Waals surface area contributed by atoms with Gasteiger partial charge in [-0.25, -0.2) is 9.78 Å². The number of pyridine rings is 1. The summed E-state index contributed by atoms with van der Waals surface area (Å²) < 4.78 is 5.11. The van der Waals surface area contributed by atoms with Crippen LogP contribution in [0.1, 0.15) is 28.8 Å². The number of carbonyl (C=O) groups is 1. The van der Waals surface area contributed by atoms with Gasteiger partial charge in [-0.2, -0.15) is 0 Å². The Morgan fingerprint density at radius 3 is 2.83 bits per heavy atom. The SMILES string of the molecule is COCCN(c1ncc(C(=O)O)cc1C)C1CC1. The van der Waals surface area contributed by atoms with Crippen molar-refractivity contribution in [2.45, 2.75) is 25.8 Å². The van der Waals surface area contributed by atoms with E-state index in [1.165, 1.54) is 19.0 Å². The number of ether oxygens (including phenoxy) is 1. The number of anilines is 1. The average Bonchev–Trinajstić information content (AvgIpc) is 3.15. The summed E-state index contributed by atoms with van der Waals surface area (Å²) in [4.78, 5) is 17.4. The van der Waals surface area contributed by atoms with Crippen molar-refractivity contribution in [2.24, 2.45) is 0 Å². The molecule has 2 rings (SSSR count). The van der Waals surface area contributed by atoms with Crippen LogP contribution >= 0.6 is 0 Å². The summed E-state index contributed by atoms with van der Waals surface area (Å²) in [5.41, 5.74) is 1.14. The number of carboxylic acid groups (broad SMARTS) is 1. The smallest absolute Gasteiger partial charge is 0.337 e. The van der Waals surface area contributed by atoms with Crippen molar-refractivity contribution >= 4 is 11.8 Å². The number of aromatic carboxylic acids is 1. The van der Waals surface area contributed by atoms with Gasteiger partial charge in [0.2, 0.25) is 0 Å². The quantitative estimate of drug-likeness (QED) is 0.832. The van der Waals surface area contributed by atoms with E-state index in [1.807, 2.05) is 6.92 Å². The second kappa shape index (κ2) is 5.35. The number of aromatic nitrogens is 1. The Bertz CT molecular complexity index is 444. The van der Waals surface area contributed by atoms with Crippen LogP contribution in [0.25, 0.3) is 0 Å². The molecule has 1 aliphatic carbocycles. The molecule has 0 spiro atoms. The maximum atomic E-state index is 10.9. The minimum Gasteiger partial charge on any atom is -0.478 e. The fraction of sp³-hybridized carbons (Fsp3) is 0.538. The highest BCUT2D eigenvalue weighted by Crippen LogP contribution is 2.32. The topological polar surface area (TPSA) is 62.7 Å². The van der Waals surface area contributed by atoms with Crippen molar-refractivity contribution < 1.29 is 14.6 Å². The number of hydrogen-bond acceptors (Lipinski definition) is 4. The molecule has 0 saturated heterocycles. The fourth-order valence-corrected chi connectivity index (χ4v) is 2.02. The lowest BCUT2D eigenvalue weighted by Gasteiger charge is -2.24. The summed E-state index contributed by atoms with van der Waals surface area (Å²) in [5.74, 6) is -0.0634. The minimum absolute atomic E-state index is 0.235. The molecule has 1 fully saturated rings. The van der Waals surface area contributed by atoms with Crippen molar-refractivity contribution in [3.8, 4) is 0 Å². The molecule has 18 heavy (non-hydrogen) atoms. The van der Waals surface area contributed by atoms with Crippen LogP contribution in [0.3, 0.4) is 0 Å². The molecule has 0 unspecified atom stereocenters. The number of carboxylic acids is 1. The number of aryl methyl sites for hydroxylation is 1. The molecule has 5 heteroatoms. The molecule has 0 radical (unpaired) electrons. The van der Waals surface area contributed by atoms with Gasteiger partial charge in [-0.05, 0) is 31.4 Å². The Morgan fingerprint density at radius 2 is 2.33 bits per heavy atom. The molecule has 1 aromatic heterocycles. The standard InChI is InChI=1S/C13H18N2O3/c1-9-7-10(13(16)17)8-14-12(9)15(5-6-18-2)11-3-4-11/h7-8,11H,3-6H2,1-2H3,(H,16,17). The molecule has 0 atom stereocenters. The molecule has 1 aromatic rings. The Kier molecular flexibility index (Phi) is 3.81. The van der Waals surface area contributed by atoms with E-state index in [9.17, 15) is 4.79 Å². The molecular weight excluding hydrogens is 232 g/mol. The molecule has 1 heterocycles. The van der Waals surface area contributed by atoms with Gasteiger partial charge < -0.3 is 14.7 Å². The molecule has 98 valence electrons. The molecule has 5 nitrogen and oxygen atoms in total. The molecule has 0 aromatic carbocycles. The summed E-state index contributed by atoms with van der Waals surface area (Å²) in [7, 11) is 1.68. The van der Waals surface area contributed by atoms with Crippen LogP contribution in [0.2, 0.25) is 0 Å². The van der Waals surface area contributed by atoms with Crippen LogP contribution in [-0.2, 0) is 4.74 Å². The van der Waals surface area contributed by atoms with E-state index in [-0.39, 0.29) is 5.56 Å². The third-order valence-corrected chi connectivity index (χ3v) is 3.09. The van der Waals surface area contributed by atoms with Crippen molar-refractivity contribution in [1.82, 2.24) is 4.98 Å². The molecule has 0 bridgehead atoms. The maximum absolute atomic E-state index is 10.9. The first-order chi connectivity index (χ1) is 8.63. The lowest BCUT2D eigenvalue weighted by atomic mass is 10.2. The zero-order valence-electron chi connectivity index (χ0n) is 10.7. The first kappa shape index (κ1) is 12.8. The molecule has 1 saturated carbocycles. The van der Waals surface area contributed by atoms with Gasteiger partial charge in [-0.3, -0.25) is 0 Å². The highest BCUT2D eigenvalue weighted by atomic mass is 16.5. The van der Waals surface area contributed by atoms with E-state index >= 15 is 0 Å². The van der Waals surface area contributed by atoms with Crippen LogP contribution in [0.4, 0.5) is 5.82 Å². The van der Waals surface area contributed by atoms with Gasteiger partial charge in [0.15, 0.2) is 0 Å². The summed E-state index contributed by atoms with van der Waals surface area (Å²) >= 11 is 0. The predicted molar refractivity (Wildman–Crippen MR) is 68.2 cm³/mol. The third kappa shape index (κ3) is 2.79. The van der Waals surface area contributed by atoms with E-state index in [0.29, 0.717) is 12.6 Å². The van der Waals surface area contributed by atoms with Crippen LogP contribution < -0.4 is 4.90 Å². The van der Waals surface area contributed by atoms with Gasteiger partial charge in [0.1, 0.15) is 5.82 Å². The van der Waals surface area contributed by atoms with Gasteiger partial charge >= 0.3 is 5.97 Å². The number of nitrogens with zero attached hydrogens (tertiary/aromatic N) is 2. The van der Waals surface area contributed by atoms with E-state index in [1.54, 1.807) is 13.2 Å². The second-order valence-electron chi connectivity index (χ2n) is 4.59. The van der Waals surface area contributed by atoms with Crippen molar-refractivity contribution in [3.63, 3.8) is 0 Å². The normalized spacial score (nSPS) is 14.6. The van der Waals surface area contributed by atoms with Gasteiger partial charge in [0.25, 0.3) is 0 Å². The van der Waals surface area contributed by atoms with E-state index in [2.05, 4.69) is 9.88 Å². The summed E-state index contributed by atoms with van der Waals surface area (Å²) in [6.07, 6.45) is 3.77. The number of hydrogen-bond donors (Lipinski definition) is 1. The monoisotopic (exact) mass is 250 g/mol. The Balaban J connectivity index is 2.21. The lowest BCUT2D eigenvalue weighted by molar-refractivity contribution is 0.0696. The average molecular weight is 250 g/mol. The van der Waals surface area contributed by atoms with E-state index in [0.717, 1.165) is 17.9 Å². The third-order valence-electron chi connectivity index (χ3n) is 3.09. The zero-order chi connectivity index (χ0) is 13.1. The van der Waals surface area contributed by atoms with Crippen molar-refractivity contribution in [2.75, 3.05) is 25.2 Å². The zero-order valence-corrected chi connectivity index (χ0v) is 10.7. The predicted octanol–water partition coefficient (Wildman–Crippen LogP) is 1.70. The largest absolute Gasteiger partial charge is 0.478 e. The first-order valence-electron chi connectivity index (χ1n) is 6.09. The number of methoxy groups -OCH3 is 1. The van der Waals surface area contributed by atoms with Gasteiger partial charge in [0, 0.05) is 25.9 Å². The fourth-order valence-electron chi connectivity index (χ4n) is 2.02. The molecular formula is C13H18N2O3. The van der Waals surface area contributed by atoms with Crippen LogP contribution in [-0.4, -0.2) is 42.4 Å². The maximum Gasteiger partial charge on any atom is 0.337 e. The summed E-state index contributed by atoms with van der Waals surface area (Å²) in [6, 6.07) is 2.20. The first-order valence-corrected chi connectivity index (χ1v) is 6.09. The summed E-state index contributed by atoms with van der Waals surface area (Å²) in [5, 5.41) is 8.93. The van der Waals surface area contributed by atoms with E-state index in [4.69, 9.17) is 9.84 Å².